The van der Waals surface area contributed by atoms with Crippen LogP contribution >= 0.6 is 11.6 Å². The first-order valence-electron chi connectivity index (χ1n) is 6.52. The first kappa shape index (κ1) is 14.5. The quantitative estimate of drug-likeness (QED) is 0.942. The largest absolute Gasteiger partial charge is 0.351 e. The maximum Gasteiger partial charge on any atom is 0.273 e. The Morgan fingerprint density at radius 3 is 2.85 bits per heavy atom. The van der Waals surface area contributed by atoms with Gasteiger partial charge in [-0.1, -0.05) is 29.8 Å². The van der Waals surface area contributed by atoms with E-state index in [0.717, 1.165) is 17.7 Å². The highest BCUT2D eigenvalue weighted by atomic mass is 35.5. The van der Waals surface area contributed by atoms with Crippen molar-refractivity contribution in [1.29, 1.82) is 0 Å². The Morgan fingerprint density at radius 1 is 1.40 bits per heavy atom. The maximum atomic E-state index is 12.0. The fourth-order valence-corrected chi connectivity index (χ4v) is 2.09. The molecule has 2 rings (SSSR count). The summed E-state index contributed by atoms with van der Waals surface area (Å²) in [4.78, 5) is 12.0. The molecule has 0 atom stereocenters. The van der Waals surface area contributed by atoms with Crippen LogP contribution in [0.2, 0.25) is 5.02 Å². The number of benzene rings is 1. The molecule has 0 spiro atoms. The molecule has 5 nitrogen and oxygen atoms in total. The molecule has 1 amide bonds. The average molecular weight is 293 g/mol. The minimum absolute atomic E-state index is 0.199. The van der Waals surface area contributed by atoms with Crippen LogP contribution in [-0.2, 0) is 0 Å². The van der Waals surface area contributed by atoms with Crippen LogP contribution in [0, 0.1) is 13.8 Å². The molecule has 1 aromatic heterocycles. The first-order valence-corrected chi connectivity index (χ1v) is 6.90. The summed E-state index contributed by atoms with van der Waals surface area (Å²) in [6.45, 7) is 6.36. The number of nitrogens with zero attached hydrogens (tertiary/aromatic N) is 3. The van der Waals surface area contributed by atoms with Gasteiger partial charge in [0.25, 0.3) is 5.91 Å². The number of rotatable bonds is 4. The molecule has 106 valence electrons. The second-order valence-electron chi connectivity index (χ2n) is 4.58. The Labute approximate surface area is 122 Å². The zero-order chi connectivity index (χ0) is 14.7. The lowest BCUT2D eigenvalue weighted by molar-refractivity contribution is 0.0948. The number of aromatic nitrogens is 3. The van der Waals surface area contributed by atoms with Crippen LogP contribution in [0.25, 0.3) is 5.69 Å². The SMILES string of the molecule is CCCNC(=O)c1nnn(-c2cccc(Cl)c2C)c1C. The molecule has 0 radical (unpaired) electrons. The van der Waals surface area contributed by atoms with Gasteiger partial charge in [-0.3, -0.25) is 4.79 Å². The number of nitrogens with one attached hydrogen (secondary N) is 1. The van der Waals surface area contributed by atoms with E-state index in [1.165, 1.54) is 0 Å². The van der Waals surface area contributed by atoms with Crippen LogP contribution in [0.4, 0.5) is 0 Å². The molecule has 0 unspecified atom stereocenters. The van der Waals surface area contributed by atoms with E-state index in [1.807, 2.05) is 39.0 Å². The topological polar surface area (TPSA) is 59.8 Å². The van der Waals surface area contributed by atoms with E-state index in [0.29, 0.717) is 23.0 Å². The highest BCUT2D eigenvalue weighted by Gasteiger charge is 2.18. The summed E-state index contributed by atoms with van der Waals surface area (Å²) < 4.78 is 1.64. The standard InChI is InChI=1S/C14H17ClN4O/c1-4-8-16-14(20)13-10(3)19(18-17-13)12-7-5-6-11(15)9(12)2/h5-7H,4,8H2,1-3H3,(H,16,20). The van der Waals surface area contributed by atoms with Gasteiger partial charge in [0.1, 0.15) is 0 Å². The van der Waals surface area contributed by atoms with E-state index in [-0.39, 0.29) is 5.91 Å². The molecular formula is C14H17ClN4O. The molecule has 1 heterocycles. The molecule has 0 aliphatic carbocycles. The van der Waals surface area contributed by atoms with Crippen molar-refractivity contribution in [3.63, 3.8) is 0 Å². The summed E-state index contributed by atoms with van der Waals surface area (Å²) in [6.07, 6.45) is 0.881. The normalized spacial score (nSPS) is 10.6. The fraction of sp³-hybridized carbons (Fsp3) is 0.357. The van der Waals surface area contributed by atoms with Gasteiger partial charge in [-0.25, -0.2) is 4.68 Å². The molecule has 2 aromatic rings. The van der Waals surface area contributed by atoms with Crippen LogP contribution < -0.4 is 5.32 Å². The van der Waals surface area contributed by atoms with Crippen molar-refractivity contribution in [3.8, 4) is 5.69 Å². The number of halogens is 1. The summed E-state index contributed by atoms with van der Waals surface area (Å²) in [5.74, 6) is -0.199. The van der Waals surface area contributed by atoms with Crippen molar-refractivity contribution in [2.24, 2.45) is 0 Å². The average Bonchev–Trinajstić information content (AvgIpc) is 2.81. The van der Waals surface area contributed by atoms with Crippen molar-refractivity contribution >= 4 is 17.5 Å². The Kier molecular flexibility index (Phi) is 4.39. The van der Waals surface area contributed by atoms with E-state index in [9.17, 15) is 4.79 Å². The molecule has 0 saturated heterocycles. The highest BCUT2D eigenvalue weighted by Crippen LogP contribution is 2.23. The monoisotopic (exact) mass is 292 g/mol. The second kappa shape index (κ2) is 6.05. The van der Waals surface area contributed by atoms with E-state index in [1.54, 1.807) is 4.68 Å². The smallest absolute Gasteiger partial charge is 0.273 e. The minimum atomic E-state index is -0.199. The van der Waals surface area contributed by atoms with Crippen LogP contribution in [-0.4, -0.2) is 27.4 Å². The third kappa shape index (κ3) is 2.67. The lowest BCUT2D eigenvalue weighted by atomic mass is 10.2. The lowest BCUT2D eigenvalue weighted by Gasteiger charge is -2.08. The Morgan fingerprint density at radius 2 is 2.15 bits per heavy atom. The Bertz CT molecular complexity index is 636. The summed E-state index contributed by atoms with van der Waals surface area (Å²) in [5.41, 5.74) is 2.78. The van der Waals surface area contributed by atoms with Crippen molar-refractivity contribution < 1.29 is 4.79 Å². The zero-order valence-corrected chi connectivity index (χ0v) is 12.5. The number of carbonyl (C=O) groups excluding carboxylic acids is 1. The van der Waals surface area contributed by atoms with Crippen molar-refractivity contribution in [2.45, 2.75) is 27.2 Å². The highest BCUT2D eigenvalue weighted by molar-refractivity contribution is 6.31. The van der Waals surface area contributed by atoms with Crippen LogP contribution in [0.3, 0.4) is 0 Å². The van der Waals surface area contributed by atoms with E-state index in [2.05, 4.69) is 15.6 Å². The van der Waals surface area contributed by atoms with Gasteiger partial charge in [0, 0.05) is 11.6 Å². The van der Waals surface area contributed by atoms with E-state index in [4.69, 9.17) is 11.6 Å². The van der Waals surface area contributed by atoms with Gasteiger partial charge >= 0.3 is 0 Å². The minimum Gasteiger partial charge on any atom is -0.351 e. The van der Waals surface area contributed by atoms with Crippen molar-refractivity contribution in [3.05, 3.63) is 40.2 Å². The van der Waals surface area contributed by atoms with Gasteiger partial charge in [-0.05, 0) is 38.0 Å². The molecule has 20 heavy (non-hydrogen) atoms. The molecule has 1 aromatic carbocycles. The van der Waals surface area contributed by atoms with Crippen molar-refractivity contribution in [1.82, 2.24) is 20.3 Å². The number of hydrogen-bond donors (Lipinski definition) is 1. The molecular weight excluding hydrogens is 276 g/mol. The van der Waals surface area contributed by atoms with Gasteiger partial charge < -0.3 is 5.32 Å². The Hall–Kier alpha value is -1.88. The van der Waals surface area contributed by atoms with Crippen LogP contribution in [0.5, 0.6) is 0 Å². The van der Waals surface area contributed by atoms with Crippen molar-refractivity contribution in [2.75, 3.05) is 6.54 Å². The molecule has 6 heteroatoms. The predicted octanol–water partition coefficient (Wildman–Crippen LogP) is 2.68. The maximum absolute atomic E-state index is 12.0. The molecule has 0 fully saturated rings. The summed E-state index contributed by atoms with van der Waals surface area (Å²) in [5, 5.41) is 11.5. The zero-order valence-electron chi connectivity index (χ0n) is 11.8. The summed E-state index contributed by atoms with van der Waals surface area (Å²) >= 11 is 6.11. The second-order valence-corrected chi connectivity index (χ2v) is 4.98. The van der Waals surface area contributed by atoms with E-state index >= 15 is 0 Å². The van der Waals surface area contributed by atoms with Gasteiger partial charge in [0.15, 0.2) is 5.69 Å². The van der Waals surface area contributed by atoms with Crippen LogP contribution in [0.1, 0.15) is 35.1 Å². The number of hydrogen-bond acceptors (Lipinski definition) is 3. The lowest BCUT2D eigenvalue weighted by Crippen LogP contribution is -2.25. The molecule has 0 aliphatic rings. The summed E-state index contributed by atoms with van der Waals surface area (Å²) in [6, 6.07) is 5.57. The van der Waals surface area contributed by atoms with Gasteiger partial charge in [-0.15, -0.1) is 5.10 Å². The molecule has 0 saturated carbocycles. The third-order valence-electron chi connectivity index (χ3n) is 3.11. The number of amides is 1. The van der Waals surface area contributed by atoms with E-state index < -0.39 is 0 Å². The molecule has 1 N–H and O–H groups in total. The van der Waals surface area contributed by atoms with Gasteiger partial charge in [0.05, 0.1) is 11.4 Å². The number of carbonyl (C=O) groups is 1. The van der Waals surface area contributed by atoms with Gasteiger partial charge in [-0.2, -0.15) is 0 Å². The van der Waals surface area contributed by atoms with Gasteiger partial charge in [0.2, 0.25) is 0 Å². The Balaban J connectivity index is 2.38. The third-order valence-corrected chi connectivity index (χ3v) is 3.52. The fourth-order valence-electron chi connectivity index (χ4n) is 1.92. The summed E-state index contributed by atoms with van der Waals surface area (Å²) in [7, 11) is 0. The first-order chi connectivity index (χ1) is 9.56. The molecule has 0 aliphatic heterocycles. The molecule has 0 bridgehead atoms. The predicted molar refractivity (Wildman–Crippen MR) is 78.5 cm³/mol. The van der Waals surface area contributed by atoms with Crippen LogP contribution in [0.15, 0.2) is 18.2 Å².